The van der Waals surface area contributed by atoms with Crippen molar-refractivity contribution in [3.8, 4) is 0 Å². The van der Waals surface area contributed by atoms with Gasteiger partial charge in [-0.2, -0.15) is 0 Å². The maximum atomic E-state index is 10.3. The third-order valence-electron chi connectivity index (χ3n) is 3.22. The molecule has 4 nitrogen and oxygen atoms in total. The van der Waals surface area contributed by atoms with Crippen molar-refractivity contribution in [3.63, 3.8) is 0 Å². The maximum Gasteiger partial charge on any atom is 0.303 e. The standard InChI is InChI=1S/C18H30O4/c1-2-3-4-7-10-13-16(19)17(20)14-11-8-5-6-9-12-15-18(21)22/h5,8,10-11,13-14,16-17,19-20H,2-4,6-7,9,12,15H2,1H3,(H,21,22). The highest BCUT2D eigenvalue weighted by Gasteiger charge is 2.07. The van der Waals surface area contributed by atoms with Gasteiger partial charge in [0.15, 0.2) is 0 Å². The molecule has 3 N–H and O–H groups in total. The van der Waals surface area contributed by atoms with Gasteiger partial charge in [0.2, 0.25) is 0 Å². The summed E-state index contributed by atoms with van der Waals surface area (Å²) in [6.45, 7) is 2.15. The molecule has 0 aromatic heterocycles. The monoisotopic (exact) mass is 310 g/mol. The van der Waals surface area contributed by atoms with Crippen molar-refractivity contribution in [3.05, 3.63) is 36.5 Å². The molecule has 0 aromatic rings. The summed E-state index contributed by atoms with van der Waals surface area (Å²) < 4.78 is 0. The predicted octanol–water partition coefficient (Wildman–Crippen LogP) is 3.60. The van der Waals surface area contributed by atoms with Gasteiger partial charge in [-0.3, -0.25) is 4.79 Å². The Morgan fingerprint density at radius 1 is 0.909 bits per heavy atom. The van der Waals surface area contributed by atoms with Crippen LogP contribution in [0.1, 0.15) is 58.3 Å². The molecule has 0 bridgehead atoms. The van der Waals surface area contributed by atoms with Gasteiger partial charge in [-0.25, -0.2) is 0 Å². The summed E-state index contributed by atoms with van der Waals surface area (Å²) in [5.41, 5.74) is 0. The van der Waals surface area contributed by atoms with Crippen molar-refractivity contribution in [2.75, 3.05) is 0 Å². The molecule has 0 aliphatic rings. The van der Waals surface area contributed by atoms with Crippen LogP contribution in [0.2, 0.25) is 0 Å². The molecular formula is C18H30O4. The molecule has 0 fully saturated rings. The quantitative estimate of drug-likeness (QED) is 0.276. The zero-order chi connectivity index (χ0) is 16.6. The number of aliphatic carboxylic acids is 1. The number of carbonyl (C=O) groups is 1. The average molecular weight is 310 g/mol. The molecule has 0 aliphatic carbocycles. The van der Waals surface area contributed by atoms with E-state index in [1.165, 1.54) is 12.8 Å². The summed E-state index contributed by atoms with van der Waals surface area (Å²) in [7, 11) is 0. The second kappa shape index (κ2) is 14.5. The van der Waals surface area contributed by atoms with Crippen LogP contribution in [0.25, 0.3) is 0 Å². The number of allylic oxidation sites excluding steroid dienone is 4. The van der Waals surface area contributed by atoms with E-state index >= 15 is 0 Å². The Morgan fingerprint density at radius 2 is 1.55 bits per heavy atom. The fraction of sp³-hybridized carbons (Fsp3) is 0.611. The third kappa shape index (κ3) is 13.6. The van der Waals surface area contributed by atoms with E-state index < -0.39 is 18.2 Å². The summed E-state index contributed by atoms with van der Waals surface area (Å²) in [5, 5.41) is 28.0. The van der Waals surface area contributed by atoms with E-state index in [-0.39, 0.29) is 6.42 Å². The van der Waals surface area contributed by atoms with Gasteiger partial charge < -0.3 is 15.3 Å². The molecule has 0 saturated carbocycles. The Labute approximate surface area is 133 Å². The first kappa shape index (κ1) is 20.6. The SMILES string of the molecule is CCCCCC=CC(O)C(O)C=CC=CCCCCC(=O)O. The van der Waals surface area contributed by atoms with Crippen molar-refractivity contribution in [2.24, 2.45) is 0 Å². The summed E-state index contributed by atoms with van der Waals surface area (Å²) in [5.74, 6) is -0.760. The number of hydrogen-bond donors (Lipinski definition) is 3. The Bertz CT molecular complexity index is 358. The van der Waals surface area contributed by atoms with Crippen molar-refractivity contribution in [1.82, 2.24) is 0 Å². The van der Waals surface area contributed by atoms with Crippen LogP contribution >= 0.6 is 0 Å². The molecule has 0 aliphatic heterocycles. The number of carboxylic acids is 1. The molecule has 126 valence electrons. The zero-order valence-electron chi connectivity index (χ0n) is 13.5. The Balaban J connectivity index is 3.79. The van der Waals surface area contributed by atoms with E-state index in [0.717, 1.165) is 25.7 Å². The molecule has 0 aromatic carbocycles. The lowest BCUT2D eigenvalue weighted by Gasteiger charge is -2.09. The lowest BCUT2D eigenvalue weighted by atomic mass is 10.1. The van der Waals surface area contributed by atoms with Gasteiger partial charge in [0.25, 0.3) is 0 Å². The van der Waals surface area contributed by atoms with Crippen LogP contribution in [0, 0.1) is 0 Å². The normalized spacial score (nSPS) is 15.0. The summed E-state index contributed by atoms with van der Waals surface area (Å²) in [4.78, 5) is 10.3. The molecule has 0 radical (unpaired) electrons. The minimum Gasteiger partial charge on any atom is -0.481 e. The molecule has 0 amide bonds. The minimum atomic E-state index is -0.904. The van der Waals surface area contributed by atoms with E-state index in [1.54, 1.807) is 18.2 Å². The summed E-state index contributed by atoms with van der Waals surface area (Å²) >= 11 is 0. The fourth-order valence-corrected chi connectivity index (χ4v) is 1.87. The number of rotatable bonds is 13. The number of aliphatic hydroxyl groups is 2. The number of carboxylic acid groups (broad SMARTS) is 1. The van der Waals surface area contributed by atoms with Gasteiger partial charge >= 0.3 is 5.97 Å². The van der Waals surface area contributed by atoms with Crippen LogP contribution < -0.4 is 0 Å². The highest BCUT2D eigenvalue weighted by molar-refractivity contribution is 5.66. The first-order valence-corrected chi connectivity index (χ1v) is 8.15. The van der Waals surface area contributed by atoms with Crippen LogP contribution in [-0.4, -0.2) is 33.5 Å². The Morgan fingerprint density at radius 3 is 2.23 bits per heavy atom. The van der Waals surface area contributed by atoms with Crippen molar-refractivity contribution < 1.29 is 20.1 Å². The molecule has 4 heteroatoms. The second-order valence-electron chi connectivity index (χ2n) is 5.36. The van der Waals surface area contributed by atoms with E-state index in [4.69, 9.17) is 5.11 Å². The van der Waals surface area contributed by atoms with E-state index in [2.05, 4.69) is 6.92 Å². The molecule has 22 heavy (non-hydrogen) atoms. The van der Waals surface area contributed by atoms with Gasteiger partial charge in [0.05, 0.1) is 0 Å². The molecular weight excluding hydrogens is 280 g/mol. The highest BCUT2D eigenvalue weighted by atomic mass is 16.4. The van der Waals surface area contributed by atoms with Crippen LogP contribution in [0.4, 0.5) is 0 Å². The van der Waals surface area contributed by atoms with E-state index in [1.807, 2.05) is 18.2 Å². The van der Waals surface area contributed by atoms with Gasteiger partial charge in [0.1, 0.15) is 12.2 Å². The fourth-order valence-electron chi connectivity index (χ4n) is 1.87. The Hall–Kier alpha value is -1.39. The van der Waals surface area contributed by atoms with Crippen LogP contribution in [-0.2, 0) is 4.79 Å². The molecule has 0 saturated heterocycles. The summed E-state index contributed by atoms with van der Waals surface area (Å²) in [6, 6.07) is 0. The molecule has 2 atom stereocenters. The number of hydrogen-bond acceptors (Lipinski definition) is 3. The van der Waals surface area contributed by atoms with Gasteiger partial charge in [-0.05, 0) is 32.1 Å². The Kier molecular flexibility index (Phi) is 13.6. The molecule has 0 heterocycles. The zero-order valence-corrected chi connectivity index (χ0v) is 13.5. The third-order valence-corrected chi connectivity index (χ3v) is 3.22. The van der Waals surface area contributed by atoms with E-state index in [9.17, 15) is 15.0 Å². The van der Waals surface area contributed by atoms with Crippen molar-refractivity contribution >= 4 is 5.97 Å². The van der Waals surface area contributed by atoms with Crippen LogP contribution in [0.5, 0.6) is 0 Å². The largest absolute Gasteiger partial charge is 0.481 e. The highest BCUT2D eigenvalue weighted by Crippen LogP contribution is 2.04. The predicted molar refractivity (Wildman–Crippen MR) is 89.7 cm³/mol. The van der Waals surface area contributed by atoms with Crippen LogP contribution in [0.3, 0.4) is 0 Å². The van der Waals surface area contributed by atoms with Gasteiger partial charge in [-0.15, -0.1) is 0 Å². The topological polar surface area (TPSA) is 77.8 Å². The summed E-state index contributed by atoms with van der Waals surface area (Å²) in [6.07, 6.45) is 15.7. The number of aliphatic hydroxyl groups excluding tert-OH is 2. The minimum absolute atomic E-state index is 0.208. The second-order valence-corrected chi connectivity index (χ2v) is 5.36. The lowest BCUT2D eigenvalue weighted by Crippen LogP contribution is -2.20. The van der Waals surface area contributed by atoms with E-state index in [0.29, 0.717) is 6.42 Å². The van der Waals surface area contributed by atoms with Gasteiger partial charge in [-0.1, -0.05) is 56.2 Å². The molecule has 0 rings (SSSR count). The average Bonchev–Trinajstić information content (AvgIpc) is 2.48. The smallest absolute Gasteiger partial charge is 0.303 e. The van der Waals surface area contributed by atoms with Gasteiger partial charge in [0, 0.05) is 6.42 Å². The number of unbranched alkanes of at least 4 members (excludes halogenated alkanes) is 5. The first-order chi connectivity index (χ1) is 10.6. The maximum absolute atomic E-state index is 10.3. The molecule has 0 spiro atoms. The van der Waals surface area contributed by atoms with Crippen molar-refractivity contribution in [2.45, 2.75) is 70.5 Å². The lowest BCUT2D eigenvalue weighted by molar-refractivity contribution is -0.137. The first-order valence-electron chi connectivity index (χ1n) is 8.15. The van der Waals surface area contributed by atoms with Crippen molar-refractivity contribution in [1.29, 1.82) is 0 Å². The van der Waals surface area contributed by atoms with Crippen LogP contribution in [0.15, 0.2) is 36.5 Å². The molecule has 2 unspecified atom stereocenters.